The van der Waals surface area contributed by atoms with Gasteiger partial charge >= 0.3 is 5.97 Å². The molecule has 0 saturated heterocycles. The first-order chi connectivity index (χ1) is 26.3. The van der Waals surface area contributed by atoms with Gasteiger partial charge in [-0.05, 0) is 49.9 Å². The molecule has 1 unspecified atom stereocenters. The molecule has 3 rings (SSSR count). The molecule has 0 spiro atoms. The van der Waals surface area contributed by atoms with E-state index in [1.807, 2.05) is 11.9 Å². The number of benzene rings is 1. The Labute approximate surface area is 319 Å². The Balaban J connectivity index is 1.23. The fraction of sp³-hybridized carbons (Fsp3) is 0.556. The zero-order valence-electron chi connectivity index (χ0n) is 31.7. The van der Waals surface area contributed by atoms with E-state index in [4.69, 9.17) is 30.8 Å². The van der Waals surface area contributed by atoms with Crippen molar-refractivity contribution in [2.75, 3.05) is 82.8 Å². The van der Waals surface area contributed by atoms with Crippen LogP contribution in [-0.2, 0) is 35.1 Å². The van der Waals surface area contributed by atoms with Gasteiger partial charge in [-0.2, -0.15) is 9.97 Å². The zero-order valence-corrected chi connectivity index (χ0v) is 31.7. The fourth-order valence-electron chi connectivity index (χ4n) is 5.08. The van der Waals surface area contributed by atoms with Crippen molar-refractivity contribution in [2.24, 2.45) is 5.41 Å². The number of fused-ring (bicyclic) bond motifs is 1. The van der Waals surface area contributed by atoms with E-state index in [1.165, 1.54) is 0 Å². The van der Waals surface area contributed by atoms with Gasteiger partial charge in [-0.25, -0.2) is 14.8 Å². The summed E-state index contributed by atoms with van der Waals surface area (Å²) in [6.45, 7) is 7.26. The number of hydrogen-bond donors (Lipinski definition) is 7. The van der Waals surface area contributed by atoms with Gasteiger partial charge in [0.1, 0.15) is 6.04 Å². The first kappa shape index (κ1) is 44.2. The van der Waals surface area contributed by atoms with Crippen molar-refractivity contribution in [1.29, 1.82) is 0 Å². The topological polar surface area (TPSA) is 279 Å². The summed E-state index contributed by atoms with van der Waals surface area (Å²) in [5, 5.41) is 26.8. The van der Waals surface area contributed by atoms with Crippen LogP contribution in [-0.4, -0.2) is 126 Å². The second-order valence-electron chi connectivity index (χ2n) is 13.3. The van der Waals surface area contributed by atoms with Crippen LogP contribution in [0.5, 0.6) is 0 Å². The molecule has 0 saturated carbocycles. The third-order valence-electron chi connectivity index (χ3n) is 8.37. The second kappa shape index (κ2) is 22.9. The number of amides is 3. The first-order valence-corrected chi connectivity index (χ1v) is 18.1. The van der Waals surface area contributed by atoms with Crippen molar-refractivity contribution in [3.8, 4) is 0 Å². The van der Waals surface area contributed by atoms with Gasteiger partial charge in [-0.1, -0.05) is 13.8 Å². The summed E-state index contributed by atoms with van der Waals surface area (Å²) in [5.74, 6) is -2.11. The average molecular weight is 771 g/mol. The van der Waals surface area contributed by atoms with E-state index >= 15 is 0 Å². The monoisotopic (exact) mass is 770 g/mol. The number of rotatable bonds is 26. The minimum absolute atomic E-state index is 0.00971. The molecule has 0 aliphatic heterocycles. The van der Waals surface area contributed by atoms with E-state index in [1.54, 1.807) is 44.3 Å². The molecule has 1 aromatic carbocycles. The summed E-state index contributed by atoms with van der Waals surface area (Å²) in [6, 6.07) is 5.34. The minimum Gasteiger partial charge on any atom is -0.480 e. The third-order valence-corrected chi connectivity index (χ3v) is 8.37. The molecular formula is C36H54N10O9. The summed E-state index contributed by atoms with van der Waals surface area (Å²) >= 11 is 0. The Morgan fingerprint density at radius 1 is 0.891 bits per heavy atom. The lowest BCUT2D eigenvalue weighted by Crippen LogP contribution is -2.41. The highest BCUT2D eigenvalue weighted by molar-refractivity contribution is 5.97. The van der Waals surface area contributed by atoms with Crippen LogP contribution in [0.2, 0.25) is 0 Å². The van der Waals surface area contributed by atoms with Crippen LogP contribution in [0.15, 0.2) is 30.5 Å². The van der Waals surface area contributed by atoms with E-state index in [0.717, 1.165) is 5.69 Å². The van der Waals surface area contributed by atoms with Gasteiger partial charge in [0.05, 0.1) is 44.9 Å². The molecule has 0 fully saturated rings. The number of carbonyl (C=O) groups excluding carboxylic acids is 3. The number of carbonyl (C=O) groups is 4. The summed E-state index contributed by atoms with van der Waals surface area (Å²) in [6.07, 6.45) is 3.03. The number of hydrogen-bond acceptors (Lipinski definition) is 15. The normalized spacial score (nSPS) is 11.9. The predicted molar refractivity (Wildman–Crippen MR) is 204 cm³/mol. The SMILES string of the molecule is CN(Cc1cnc2nc(N)nc(N)c2n1)c1ccc(C(=O)NC(CCC(=O)NCCCOCCOCCOCCCNC(=O)C(C)(C)CCO)C(=O)O)cc1. The number of nitrogens with one attached hydrogen (secondary N) is 3. The molecule has 0 radical (unpaired) electrons. The molecule has 302 valence electrons. The van der Waals surface area contributed by atoms with E-state index in [-0.39, 0.29) is 48.6 Å². The van der Waals surface area contributed by atoms with Crippen LogP contribution < -0.4 is 32.3 Å². The molecule has 2 aromatic heterocycles. The number of nitrogens with zero attached hydrogens (tertiary/aromatic N) is 5. The van der Waals surface area contributed by atoms with E-state index in [9.17, 15) is 24.3 Å². The van der Waals surface area contributed by atoms with Crippen molar-refractivity contribution < 1.29 is 43.6 Å². The molecule has 3 amide bonds. The Bertz CT molecular complexity index is 1690. The van der Waals surface area contributed by atoms with Crippen molar-refractivity contribution in [3.63, 3.8) is 0 Å². The smallest absolute Gasteiger partial charge is 0.326 e. The number of aromatic nitrogens is 4. The first-order valence-electron chi connectivity index (χ1n) is 18.1. The molecule has 0 bridgehead atoms. The Morgan fingerprint density at radius 3 is 2.13 bits per heavy atom. The average Bonchev–Trinajstić information content (AvgIpc) is 3.14. The van der Waals surface area contributed by atoms with E-state index in [0.29, 0.717) is 95.4 Å². The fourth-order valence-corrected chi connectivity index (χ4v) is 5.08. The van der Waals surface area contributed by atoms with Crippen LogP contribution in [0.25, 0.3) is 11.2 Å². The number of aliphatic carboxylic acids is 1. The van der Waals surface area contributed by atoms with Crippen LogP contribution in [0.1, 0.15) is 62.0 Å². The van der Waals surface area contributed by atoms with Crippen LogP contribution in [0, 0.1) is 5.41 Å². The largest absolute Gasteiger partial charge is 0.480 e. The lowest BCUT2D eigenvalue weighted by molar-refractivity contribution is -0.139. The van der Waals surface area contributed by atoms with Gasteiger partial charge in [0.15, 0.2) is 17.0 Å². The Morgan fingerprint density at radius 2 is 1.51 bits per heavy atom. The lowest BCUT2D eigenvalue weighted by atomic mass is 9.89. The van der Waals surface area contributed by atoms with Crippen LogP contribution in [0.4, 0.5) is 17.5 Å². The maximum atomic E-state index is 12.9. The van der Waals surface area contributed by atoms with Crippen molar-refractivity contribution in [2.45, 2.75) is 58.5 Å². The third kappa shape index (κ3) is 15.6. The number of carboxylic acids is 1. The molecule has 0 aliphatic carbocycles. The molecule has 9 N–H and O–H groups in total. The number of aliphatic hydroxyl groups excluding tert-OH is 1. The summed E-state index contributed by atoms with van der Waals surface area (Å²) < 4.78 is 16.5. The zero-order chi connectivity index (χ0) is 40.2. The van der Waals surface area contributed by atoms with Crippen molar-refractivity contribution >= 4 is 52.3 Å². The number of carboxylic acid groups (broad SMARTS) is 1. The van der Waals surface area contributed by atoms with Gasteiger partial charge in [-0.15, -0.1) is 0 Å². The number of anilines is 3. The van der Waals surface area contributed by atoms with Gasteiger partial charge < -0.3 is 56.7 Å². The Kier molecular flexibility index (Phi) is 18.3. The van der Waals surface area contributed by atoms with E-state index in [2.05, 4.69) is 35.9 Å². The number of nitrogen functional groups attached to an aromatic ring is 2. The quantitative estimate of drug-likeness (QED) is 0.0552. The van der Waals surface area contributed by atoms with Crippen LogP contribution in [0.3, 0.4) is 0 Å². The highest BCUT2D eigenvalue weighted by atomic mass is 16.5. The maximum absolute atomic E-state index is 12.9. The van der Waals surface area contributed by atoms with Crippen molar-refractivity contribution in [1.82, 2.24) is 35.9 Å². The highest BCUT2D eigenvalue weighted by Gasteiger charge is 2.26. The number of aliphatic hydroxyl groups is 1. The summed E-state index contributed by atoms with van der Waals surface area (Å²) in [4.78, 5) is 67.6. The van der Waals surface area contributed by atoms with Gasteiger partial charge in [0, 0.05) is 63.0 Å². The van der Waals surface area contributed by atoms with Gasteiger partial charge in [-0.3, -0.25) is 14.4 Å². The highest BCUT2D eigenvalue weighted by Crippen LogP contribution is 2.20. The molecule has 3 aromatic rings. The molecule has 0 aliphatic rings. The molecule has 1 atom stereocenters. The van der Waals surface area contributed by atoms with E-state index < -0.39 is 23.3 Å². The lowest BCUT2D eigenvalue weighted by Gasteiger charge is -2.22. The molecule has 19 heteroatoms. The predicted octanol–water partition coefficient (Wildman–Crippen LogP) is 0.655. The number of ether oxygens (including phenoxy) is 3. The molecule has 2 heterocycles. The second-order valence-corrected chi connectivity index (χ2v) is 13.3. The summed E-state index contributed by atoms with van der Waals surface area (Å²) in [7, 11) is 1.83. The maximum Gasteiger partial charge on any atom is 0.326 e. The standard InChI is InChI=1S/C36H54N10O9/c1-36(2,12-15-47)34(52)40-14-5-17-54-19-21-55-20-18-53-16-4-13-39-28(48)11-10-27(33(50)51)43-32(49)24-6-8-26(9-7-24)46(3)23-25-22-41-31-29(42-25)30(37)44-35(38)45-31/h6-9,22,27,47H,4-5,10-21,23H2,1-3H3,(H,39,48)(H,40,52)(H,43,49)(H,50,51)(H4,37,38,41,44,45). The van der Waals surface area contributed by atoms with Crippen LogP contribution >= 0.6 is 0 Å². The molecular weight excluding hydrogens is 716 g/mol. The molecule has 55 heavy (non-hydrogen) atoms. The van der Waals surface area contributed by atoms with Crippen molar-refractivity contribution in [3.05, 3.63) is 41.7 Å². The van der Waals surface area contributed by atoms with Gasteiger partial charge in [0.25, 0.3) is 5.91 Å². The Hall–Kier alpha value is -5.24. The summed E-state index contributed by atoms with van der Waals surface area (Å²) in [5.41, 5.74) is 13.2. The molecule has 19 nitrogen and oxygen atoms in total. The van der Waals surface area contributed by atoms with Gasteiger partial charge in [0.2, 0.25) is 17.8 Å². The number of nitrogens with two attached hydrogens (primary N) is 2. The minimum atomic E-state index is -1.25.